The molecule has 0 saturated heterocycles. The minimum atomic E-state index is -0.285. The van der Waals surface area contributed by atoms with Gasteiger partial charge in [-0.2, -0.15) is 0 Å². The number of carbonyl (C=O) groups excluding carboxylic acids is 2. The molecule has 9 nitrogen and oxygen atoms in total. The number of fused-ring (bicyclic) bond motifs is 1. The Hall–Kier alpha value is -3.75. The van der Waals surface area contributed by atoms with Gasteiger partial charge in [-0.1, -0.05) is 18.2 Å². The number of para-hydroxylation sites is 2. The third kappa shape index (κ3) is 3.54. The van der Waals surface area contributed by atoms with Crippen molar-refractivity contribution in [2.45, 2.75) is 19.4 Å². The van der Waals surface area contributed by atoms with Gasteiger partial charge in [-0.25, -0.2) is 4.68 Å². The molecule has 2 heterocycles. The Kier molecular flexibility index (Phi) is 4.71. The molecule has 1 aliphatic rings. The first-order chi connectivity index (χ1) is 13.6. The van der Waals surface area contributed by atoms with Crippen LogP contribution in [0.2, 0.25) is 0 Å². The zero-order valence-corrected chi connectivity index (χ0v) is 15.1. The molecule has 1 aliphatic heterocycles. The first kappa shape index (κ1) is 17.7. The summed E-state index contributed by atoms with van der Waals surface area (Å²) in [5, 5.41) is 13.9. The van der Waals surface area contributed by atoms with Crippen molar-refractivity contribution in [2.24, 2.45) is 0 Å². The highest BCUT2D eigenvalue weighted by molar-refractivity contribution is 6.04. The number of rotatable bonds is 4. The van der Waals surface area contributed by atoms with Gasteiger partial charge in [0.25, 0.3) is 5.91 Å². The summed E-state index contributed by atoms with van der Waals surface area (Å²) >= 11 is 0. The first-order valence-electron chi connectivity index (χ1n) is 8.79. The molecule has 1 atom stereocenters. The summed E-state index contributed by atoms with van der Waals surface area (Å²) in [4.78, 5) is 26.6. The summed E-state index contributed by atoms with van der Waals surface area (Å²) in [5.74, 6) is 0.167. The fourth-order valence-electron chi connectivity index (χ4n) is 3.18. The second-order valence-corrected chi connectivity index (χ2v) is 6.42. The van der Waals surface area contributed by atoms with E-state index in [9.17, 15) is 9.59 Å². The minimum absolute atomic E-state index is 0.120. The molecule has 142 valence electrons. The van der Waals surface area contributed by atoms with Crippen LogP contribution in [0.1, 0.15) is 13.3 Å². The van der Waals surface area contributed by atoms with Gasteiger partial charge in [0, 0.05) is 18.5 Å². The molecule has 0 aliphatic carbocycles. The topological polar surface area (TPSA) is 102 Å². The largest absolute Gasteiger partial charge is 0.484 e. The van der Waals surface area contributed by atoms with Crippen molar-refractivity contribution in [3.05, 3.63) is 54.9 Å². The molecule has 0 spiro atoms. The van der Waals surface area contributed by atoms with Gasteiger partial charge in [-0.05, 0) is 41.6 Å². The summed E-state index contributed by atoms with van der Waals surface area (Å²) in [6, 6.07) is 14.1. The lowest BCUT2D eigenvalue weighted by Crippen LogP contribution is -2.41. The number of ether oxygens (including phenoxy) is 1. The Bertz CT molecular complexity index is 1000. The van der Waals surface area contributed by atoms with E-state index in [1.54, 1.807) is 29.2 Å². The number of tetrazole rings is 1. The molecule has 1 aromatic heterocycles. The van der Waals surface area contributed by atoms with E-state index in [1.165, 1.54) is 11.0 Å². The number of hydrogen-bond donors (Lipinski definition) is 1. The summed E-state index contributed by atoms with van der Waals surface area (Å²) < 4.78 is 7.21. The van der Waals surface area contributed by atoms with Gasteiger partial charge in [0.05, 0.1) is 17.1 Å². The van der Waals surface area contributed by atoms with Gasteiger partial charge in [0.15, 0.2) is 6.61 Å². The number of nitrogens with zero attached hydrogens (tertiary/aromatic N) is 5. The highest BCUT2D eigenvalue weighted by Crippen LogP contribution is 2.31. The predicted molar refractivity (Wildman–Crippen MR) is 101 cm³/mol. The zero-order chi connectivity index (χ0) is 19.5. The van der Waals surface area contributed by atoms with Gasteiger partial charge < -0.3 is 15.0 Å². The van der Waals surface area contributed by atoms with Gasteiger partial charge in [-0.3, -0.25) is 9.59 Å². The van der Waals surface area contributed by atoms with Gasteiger partial charge in [-0.15, -0.1) is 5.10 Å². The lowest BCUT2D eigenvalue weighted by atomic mass is 10.1. The van der Waals surface area contributed by atoms with Crippen LogP contribution in [0.3, 0.4) is 0 Å². The molecule has 4 rings (SSSR count). The minimum Gasteiger partial charge on any atom is -0.484 e. The van der Waals surface area contributed by atoms with Crippen LogP contribution in [0.15, 0.2) is 54.9 Å². The van der Waals surface area contributed by atoms with Crippen molar-refractivity contribution in [1.82, 2.24) is 20.2 Å². The van der Waals surface area contributed by atoms with E-state index in [1.807, 2.05) is 31.2 Å². The average Bonchev–Trinajstić information content (AvgIpc) is 3.19. The van der Waals surface area contributed by atoms with E-state index < -0.39 is 0 Å². The maximum Gasteiger partial charge on any atom is 0.265 e. The fourth-order valence-corrected chi connectivity index (χ4v) is 3.18. The number of nitrogens with one attached hydrogen (secondary N) is 1. The summed E-state index contributed by atoms with van der Waals surface area (Å²) in [6.07, 6.45) is 1.69. The molecule has 0 radical (unpaired) electrons. The SMILES string of the molecule is C[C@H]1CC(=O)Nc2ccccc2N1C(=O)COc1cccc(-n2cnnn2)c1. The molecule has 0 fully saturated rings. The van der Waals surface area contributed by atoms with E-state index in [4.69, 9.17) is 4.74 Å². The van der Waals surface area contributed by atoms with Crippen LogP contribution >= 0.6 is 0 Å². The van der Waals surface area contributed by atoms with Crippen molar-refractivity contribution in [1.29, 1.82) is 0 Å². The lowest BCUT2D eigenvalue weighted by molar-refractivity contribution is -0.121. The number of carbonyl (C=O) groups is 2. The quantitative estimate of drug-likeness (QED) is 0.743. The maximum atomic E-state index is 12.9. The summed E-state index contributed by atoms with van der Waals surface area (Å²) in [6.45, 7) is 1.68. The zero-order valence-electron chi connectivity index (χ0n) is 15.1. The number of amides is 2. The van der Waals surface area contributed by atoms with Crippen LogP contribution < -0.4 is 15.0 Å². The number of hydrogen-bond acceptors (Lipinski definition) is 6. The van der Waals surface area contributed by atoms with Gasteiger partial charge in [0.2, 0.25) is 5.91 Å². The molecule has 0 unspecified atom stereocenters. The van der Waals surface area contributed by atoms with Gasteiger partial charge in [0.1, 0.15) is 12.1 Å². The van der Waals surface area contributed by atoms with Crippen LogP contribution in [0.5, 0.6) is 5.75 Å². The Labute approximate surface area is 160 Å². The molecule has 0 bridgehead atoms. The Balaban J connectivity index is 1.52. The van der Waals surface area contributed by atoms with Crippen LogP contribution in [-0.2, 0) is 9.59 Å². The molecule has 1 N–H and O–H groups in total. The average molecular weight is 378 g/mol. The predicted octanol–water partition coefficient (Wildman–Crippen LogP) is 1.80. The molecule has 0 saturated carbocycles. The standard InChI is InChI=1S/C19H18N6O3/c1-13-9-18(26)21-16-7-2-3-8-17(16)25(13)19(27)11-28-15-6-4-5-14(10-15)24-12-20-22-23-24/h2-8,10,12-13H,9,11H2,1H3,(H,21,26)/t13-/m0/s1. The second kappa shape index (κ2) is 7.47. The summed E-state index contributed by atoms with van der Waals surface area (Å²) in [7, 11) is 0. The van der Waals surface area contributed by atoms with E-state index in [0.29, 0.717) is 17.1 Å². The number of aromatic nitrogens is 4. The van der Waals surface area contributed by atoms with Gasteiger partial charge >= 0.3 is 0 Å². The molecule has 2 amide bonds. The monoisotopic (exact) mass is 378 g/mol. The normalized spacial score (nSPS) is 16.1. The maximum absolute atomic E-state index is 12.9. The first-order valence-corrected chi connectivity index (χ1v) is 8.79. The molecule has 28 heavy (non-hydrogen) atoms. The Morgan fingerprint density at radius 2 is 2.11 bits per heavy atom. The van der Waals surface area contributed by atoms with E-state index in [2.05, 4.69) is 20.8 Å². The van der Waals surface area contributed by atoms with Crippen LogP contribution in [0.4, 0.5) is 11.4 Å². The highest BCUT2D eigenvalue weighted by atomic mass is 16.5. The van der Waals surface area contributed by atoms with Crippen LogP contribution in [0, 0.1) is 0 Å². The Morgan fingerprint density at radius 3 is 2.93 bits per heavy atom. The Morgan fingerprint density at radius 1 is 1.25 bits per heavy atom. The summed E-state index contributed by atoms with van der Waals surface area (Å²) in [5.41, 5.74) is 2.00. The molecule has 2 aromatic carbocycles. The smallest absolute Gasteiger partial charge is 0.265 e. The number of benzene rings is 2. The van der Waals surface area contributed by atoms with Crippen LogP contribution in [0.25, 0.3) is 5.69 Å². The number of anilines is 2. The fraction of sp³-hybridized carbons (Fsp3) is 0.211. The molecular formula is C19H18N6O3. The molecule has 3 aromatic rings. The molecular weight excluding hydrogens is 360 g/mol. The van der Waals surface area contributed by atoms with Crippen LogP contribution in [-0.4, -0.2) is 44.7 Å². The van der Waals surface area contributed by atoms with E-state index in [0.717, 1.165) is 5.69 Å². The lowest BCUT2D eigenvalue weighted by Gasteiger charge is -2.27. The van der Waals surface area contributed by atoms with Crippen molar-refractivity contribution >= 4 is 23.2 Å². The van der Waals surface area contributed by atoms with E-state index >= 15 is 0 Å². The van der Waals surface area contributed by atoms with Crippen molar-refractivity contribution in [2.75, 3.05) is 16.8 Å². The third-order valence-corrected chi connectivity index (χ3v) is 4.42. The second-order valence-electron chi connectivity index (χ2n) is 6.42. The third-order valence-electron chi connectivity index (χ3n) is 4.42. The molecule has 9 heteroatoms. The van der Waals surface area contributed by atoms with E-state index in [-0.39, 0.29) is 30.9 Å². The van der Waals surface area contributed by atoms with Crippen molar-refractivity contribution in [3.8, 4) is 11.4 Å². The highest BCUT2D eigenvalue weighted by Gasteiger charge is 2.29. The van der Waals surface area contributed by atoms with Crippen molar-refractivity contribution < 1.29 is 14.3 Å². The van der Waals surface area contributed by atoms with Crippen molar-refractivity contribution in [3.63, 3.8) is 0 Å².